The van der Waals surface area contributed by atoms with Crippen molar-refractivity contribution >= 4 is 11.3 Å². The van der Waals surface area contributed by atoms with Crippen molar-refractivity contribution in [1.29, 1.82) is 0 Å². The normalized spacial score (nSPS) is 36.7. The van der Waals surface area contributed by atoms with Gasteiger partial charge in [0, 0.05) is 17.5 Å². The third-order valence-electron chi connectivity index (χ3n) is 3.73. The third-order valence-corrected chi connectivity index (χ3v) is 4.50. The molecule has 0 saturated heterocycles. The van der Waals surface area contributed by atoms with Crippen LogP contribution in [0.25, 0.3) is 0 Å². The van der Waals surface area contributed by atoms with Crippen LogP contribution in [-0.4, -0.2) is 15.7 Å². The molecule has 3 atom stereocenters. The molecule has 15 heavy (non-hydrogen) atoms. The fourth-order valence-corrected chi connectivity index (χ4v) is 3.23. The summed E-state index contributed by atoms with van der Waals surface area (Å²) in [5.41, 5.74) is 1.37. The number of hydrogen-bond acceptors (Lipinski definition) is 3. The zero-order valence-electron chi connectivity index (χ0n) is 9.44. The molecule has 84 valence electrons. The van der Waals surface area contributed by atoms with Gasteiger partial charge in [-0.05, 0) is 31.1 Å². The van der Waals surface area contributed by atoms with Gasteiger partial charge < -0.3 is 5.11 Å². The first-order valence-electron chi connectivity index (χ1n) is 5.69. The second-order valence-corrected chi connectivity index (χ2v) is 6.04. The Kier molecular flexibility index (Phi) is 3.12. The standard InChI is InChI=1S/C12H19NOS/c1-9-3-4-12(14,5-10(9)2)6-11-7-13-8-15-11/h7-10,14H,3-6H2,1-2H3. The molecule has 0 aromatic carbocycles. The predicted molar refractivity (Wildman–Crippen MR) is 62.9 cm³/mol. The maximum absolute atomic E-state index is 10.5. The Bertz CT molecular complexity index is 311. The van der Waals surface area contributed by atoms with Crippen LogP contribution >= 0.6 is 11.3 Å². The first-order valence-corrected chi connectivity index (χ1v) is 6.57. The Balaban J connectivity index is 2.01. The molecular weight excluding hydrogens is 206 g/mol. The molecule has 1 aromatic heterocycles. The molecule has 1 fully saturated rings. The minimum absolute atomic E-state index is 0.474. The van der Waals surface area contributed by atoms with E-state index in [1.54, 1.807) is 11.3 Å². The summed E-state index contributed by atoms with van der Waals surface area (Å²) < 4.78 is 0. The largest absolute Gasteiger partial charge is 0.390 e. The van der Waals surface area contributed by atoms with Crippen molar-refractivity contribution in [3.05, 3.63) is 16.6 Å². The monoisotopic (exact) mass is 225 g/mol. The number of hydrogen-bond donors (Lipinski definition) is 1. The van der Waals surface area contributed by atoms with Crippen LogP contribution in [0, 0.1) is 11.8 Å². The van der Waals surface area contributed by atoms with E-state index in [9.17, 15) is 5.11 Å². The zero-order valence-corrected chi connectivity index (χ0v) is 10.3. The molecule has 0 aliphatic heterocycles. The molecule has 3 unspecified atom stereocenters. The van der Waals surface area contributed by atoms with Crippen molar-refractivity contribution in [3.8, 4) is 0 Å². The van der Waals surface area contributed by atoms with Crippen molar-refractivity contribution in [3.63, 3.8) is 0 Å². The highest BCUT2D eigenvalue weighted by Crippen LogP contribution is 2.38. The van der Waals surface area contributed by atoms with Gasteiger partial charge in [0.05, 0.1) is 11.1 Å². The minimum atomic E-state index is -0.474. The van der Waals surface area contributed by atoms with Crippen LogP contribution < -0.4 is 0 Å². The molecule has 2 rings (SSSR count). The summed E-state index contributed by atoms with van der Waals surface area (Å²) in [7, 11) is 0. The predicted octanol–water partition coefficient (Wildman–Crippen LogP) is 2.87. The molecule has 1 heterocycles. The Morgan fingerprint density at radius 2 is 2.33 bits per heavy atom. The quantitative estimate of drug-likeness (QED) is 0.839. The second-order valence-electron chi connectivity index (χ2n) is 5.07. The molecule has 3 heteroatoms. The van der Waals surface area contributed by atoms with Crippen molar-refractivity contribution in [2.24, 2.45) is 11.8 Å². The van der Waals surface area contributed by atoms with Crippen LogP contribution in [0.1, 0.15) is 38.0 Å². The molecule has 1 N–H and O–H groups in total. The molecule has 0 amide bonds. The van der Waals surface area contributed by atoms with E-state index in [0.717, 1.165) is 31.6 Å². The molecule has 2 nitrogen and oxygen atoms in total. The average Bonchev–Trinajstić information content (AvgIpc) is 2.64. The van der Waals surface area contributed by atoms with Crippen molar-refractivity contribution in [2.45, 2.75) is 45.1 Å². The van der Waals surface area contributed by atoms with Crippen LogP contribution in [0.15, 0.2) is 11.7 Å². The van der Waals surface area contributed by atoms with Gasteiger partial charge in [0.1, 0.15) is 0 Å². The van der Waals surface area contributed by atoms with Crippen LogP contribution in [0.4, 0.5) is 0 Å². The fraction of sp³-hybridized carbons (Fsp3) is 0.750. The molecule has 0 radical (unpaired) electrons. The number of rotatable bonds is 2. The van der Waals surface area contributed by atoms with E-state index in [-0.39, 0.29) is 0 Å². The van der Waals surface area contributed by atoms with Crippen molar-refractivity contribution in [1.82, 2.24) is 4.98 Å². The van der Waals surface area contributed by atoms with E-state index in [2.05, 4.69) is 18.8 Å². The topological polar surface area (TPSA) is 33.1 Å². The lowest BCUT2D eigenvalue weighted by molar-refractivity contribution is -0.0274. The molecule has 1 aromatic rings. The lowest BCUT2D eigenvalue weighted by Crippen LogP contribution is -2.39. The van der Waals surface area contributed by atoms with E-state index in [1.165, 1.54) is 4.88 Å². The summed E-state index contributed by atoms with van der Waals surface area (Å²) >= 11 is 1.65. The van der Waals surface area contributed by atoms with Crippen molar-refractivity contribution < 1.29 is 5.11 Å². The second kappa shape index (κ2) is 4.22. The molecule has 1 aliphatic rings. The number of nitrogens with zero attached hydrogens (tertiary/aromatic N) is 1. The van der Waals surface area contributed by atoms with Gasteiger partial charge in [-0.15, -0.1) is 11.3 Å². The summed E-state index contributed by atoms with van der Waals surface area (Å²) in [4.78, 5) is 5.27. The van der Waals surface area contributed by atoms with E-state index >= 15 is 0 Å². The maximum Gasteiger partial charge on any atom is 0.0794 e. The SMILES string of the molecule is CC1CCC(O)(Cc2cncs2)CC1C. The number of aromatic nitrogens is 1. The highest BCUT2D eigenvalue weighted by atomic mass is 32.1. The summed E-state index contributed by atoms with van der Waals surface area (Å²) in [6.45, 7) is 4.54. The summed E-state index contributed by atoms with van der Waals surface area (Å²) in [6.07, 6.45) is 5.69. The van der Waals surface area contributed by atoms with Gasteiger partial charge in [-0.1, -0.05) is 13.8 Å². The highest BCUT2D eigenvalue weighted by molar-refractivity contribution is 7.09. The molecule has 1 saturated carbocycles. The average molecular weight is 225 g/mol. The van der Waals surface area contributed by atoms with Crippen LogP contribution in [0.3, 0.4) is 0 Å². The van der Waals surface area contributed by atoms with Crippen LogP contribution in [-0.2, 0) is 6.42 Å². The van der Waals surface area contributed by atoms with Crippen molar-refractivity contribution in [2.75, 3.05) is 0 Å². The van der Waals surface area contributed by atoms with Gasteiger partial charge in [0.25, 0.3) is 0 Å². The fourth-order valence-electron chi connectivity index (χ4n) is 2.50. The molecule has 0 bridgehead atoms. The van der Waals surface area contributed by atoms with Crippen LogP contribution in [0.5, 0.6) is 0 Å². The van der Waals surface area contributed by atoms with Crippen LogP contribution in [0.2, 0.25) is 0 Å². The zero-order chi connectivity index (χ0) is 10.9. The first kappa shape index (κ1) is 11.1. The van der Waals surface area contributed by atoms with Gasteiger partial charge in [0.15, 0.2) is 0 Å². The van der Waals surface area contributed by atoms with E-state index in [1.807, 2.05) is 11.7 Å². The third kappa shape index (κ3) is 2.58. The number of aliphatic hydroxyl groups is 1. The highest BCUT2D eigenvalue weighted by Gasteiger charge is 2.36. The molecule has 0 spiro atoms. The molecule has 1 aliphatic carbocycles. The van der Waals surface area contributed by atoms with Gasteiger partial charge >= 0.3 is 0 Å². The lowest BCUT2D eigenvalue weighted by Gasteiger charge is -2.38. The van der Waals surface area contributed by atoms with Gasteiger partial charge in [-0.25, -0.2) is 0 Å². The minimum Gasteiger partial charge on any atom is -0.390 e. The van der Waals surface area contributed by atoms with Gasteiger partial charge in [-0.3, -0.25) is 4.98 Å². The van der Waals surface area contributed by atoms with Gasteiger partial charge in [0.2, 0.25) is 0 Å². The Morgan fingerprint density at radius 1 is 1.53 bits per heavy atom. The first-order chi connectivity index (χ1) is 7.09. The number of thiazole rings is 1. The Hall–Kier alpha value is -0.410. The summed E-state index contributed by atoms with van der Waals surface area (Å²) in [5, 5.41) is 10.5. The van der Waals surface area contributed by atoms with E-state index in [4.69, 9.17) is 0 Å². The smallest absolute Gasteiger partial charge is 0.0794 e. The van der Waals surface area contributed by atoms with Gasteiger partial charge in [-0.2, -0.15) is 0 Å². The van der Waals surface area contributed by atoms with E-state index < -0.39 is 5.60 Å². The Labute approximate surface area is 95.4 Å². The summed E-state index contributed by atoms with van der Waals surface area (Å²) in [5.74, 6) is 1.39. The van der Waals surface area contributed by atoms with E-state index in [0.29, 0.717) is 5.92 Å². The maximum atomic E-state index is 10.5. The molecular formula is C12H19NOS. The summed E-state index contributed by atoms with van der Waals surface area (Å²) in [6, 6.07) is 0. The Morgan fingerprint density at radius 3 is 2.93 bits per heavy atom. The lowest BCUT2D eigenvalue weighted by atomic mass is 9.72.